The van der Waals surface area contributed by atoms with Crippen LogP contribution in [0.2, 0.25) is 0 Å². The lowest BCUT2D eigenvalue weighted by atomic mass is 9.73. The minimum absolute atomic E-state index is 0.356. The highest BCUT2D eigenvalue weighted by Crippen LogP contribution is 2.34. The molecule has 0 aromatic carbocycles. The molecule has 154 valence electrons. The molecule has 1 aliphatic heterocycles. The minimum atomic E-state index is -3.46. The van der Waals surface area contributed by atoms with Gasteiger partial charge in [0.15, 0.2) is 0 Å². The van der Waals surface area contributed by atoms with Crippen molar-refractivity contribution in [2.75, 3.05) is 13.1 Å². The summed E-state index contributed by atoms with van der Waals surface area (Å²) in [5, 5.41) is 10.8. The van der Waals surface area contributed by atoms with E-state index < -0.39 is 10.0 Å². The Balaban J connectivity index is 1.62. The van der Waals surface area contributed by atoms with Crippen molar-refractivity contribution in [2.24, 2.45) is 17.8 Å². The summed E-state index contributed by atoms with van der Waals surface area (Å²) in [5.41, 5.74) is 1.19. The van der Waals surface area contributed by atoms with Gasteiger partial charge in [-0.05, 0) is 57.3 Å². The normalized spacial score (nSPS) is 28.7. The van der Waals surface area contributed by atoms with Crippen LogP contribution < -0.4 is 5.32 Å². The molecule has 1 aliphatic carbocycles. The van der Waals surface area contributed by atoms with Crippen molar-refractivity contribution >= 4 is 10.0 Å². The zero-order chi connectivity index (χ0) is 19.8. The summed E-state index contributed by atoms with van der Waals surface area (Å²) >= 11 is 0. The molecule has 1 saturated carbocycles. The van der Waals surface area contributed by atoms with Crippen LogP contribution in [0, 0.1) is 31.6 Å². The Hall–Kier alpha value is -0.920. The highest BCUT2D eigenvalue weighted by Gasteiger charge is 2.36. The summed E-state index contributed by atoms with van der Waals surface area (Å²) in [4.78, 5) is 0.356. The standard InChI is InChI=1S/C20H36N4O2S/c1-13(2)18-7-6-14(3)12-19(18)21-17-8-10-24(11-9-17)27(25,26)20-15(4)22-23-16(20)5/h13-14,17-19,21H,6-12H2,1-5H3,(H,22,23)/t14-,18-,19+/m0/s1. The van der Waals surface area contributed by atoms with Crippen LogP contribution in [0.4, 0.5) is 0 Å². The predicted molar refractivity (Wildman–Crippen MR) is 108 cm³/mol. The lowest BCUT2D eigenvalue weighted by Gasteiger charge is -2.41. The van der Waals surface area contributed by atoms with Crippen molar-refractivity contribution in [3.63, 3.8) is 0 Å². The van der Waals surface area contributed by atoms with Crippen LogP contribution in [-0.2, 0) is 10.0 Å². The summed E-state index contributed by atoms with van der Waals surface area (Å²) < 4.78 is 27.7. The van der Waals surface area contributed by atoms with E-state index >= 15 is 0 Å². The molecule has 3 atom stereocenters. The van der Waals surface area contributed by atoms with Crippen LogP contribution in [0.5, 0.6) is 0 Å². The van der Waals surface area contributed by atoms with Gasteiger partial charge >= 0.3 is 0 Å². The maximum atomic E-state index is 13.0. The van der Waals surface area contributed by atoms with E-state index in [1.165, 1.54) is 19.3 Å². The summed E-state index contributed by atoms with van der Waals surface area (Å²) in [6.07, 6.45) is 5.65. The van der Waals surface area contributed by atoms with Crippen LogP contribution >= 0.6 is 0 Å². The van der Waals surface area contributed by atoms with E-state index in [2.05, 4.69) is 36.3 Å². The van der Waals surface area contributed by atoms with E-state index in [-0.39, 0.29) is 0 Å². The van der Waals surface area contributed by atoms with Crippen molar-refractivity contribution in [2.45, 2.75) is 83.7 Å². The molecular formula is C20H36N4O2S. The Bertz CT molecular complexity index is 716. The number of sulfonamides is 1. The molecule has 0 radical (unpaired) electrons. The van der Waals surface area contributed by atoms with Crippen molar-refractivity contribution in [3.8, 4) is 0 Å². The van der Waals surface area contributed by atoms with Crippen molar-refractivity contribution in [1.29, 1.82) is 0 Å². The molecular weight excluding hydrogens is 360 g/mol. The second-order valence-electron chi connectivity index (χ2n) is 9.04. The van der Waals surface area contributed by atoms with E-state index in [9.17, 15) is 8.42 Å². The number of rotatable bonds is 5. The Morgan fingerprint density at radius 3 is 2.37 bits per heavy atom. The molecule has 0 spiro atoms. The van der Waals surface area contributed by atoms with E-state index in [4.69, 9.17) is 0 Å². The molecule has 1 aromatic rings. The molecule has 0 bridgehead atoms. The second kappa shape index (κ2) is 8.21. The average molecular weight is 397 g/mol. The van der Waals surface area contributed by atoms with E-state index in [0.29, 0.717) is 47.4 Å². The summed E-state index contributed by atoms with van der Waals surface area (Å²) in [5.74, 6) is 2.21. The first kappa shape index (κ1) is 20.8. The lowest BCUT2D eigenvalue weighted by Crippen LogP contribution is -2.51. The highest BCUT2D eigenvalue weighted by atomic mass is 32.2. The number of nitrogens with zero attached hydrogens (tertiary/aromatic N) is 2. The van der Waals surface area contributed by atoms with Crippen LogP contribution in [0.1, 0.15) is 64.3 Å². The van der Waals surface area contributed by atoms with Crippen LogP contribution in [-0.4, -0.2) is 48.1 Å². The fraction of sp³-hybridized carbons (Fsp3) is 0.850. The number of aromatic amines is 1. The van der Waals surface area contributed by atoms with Gasteiger partial charge in [-0.1, -0.05) is 27.2 Å². The van der Waals surface area contributed by atoms with Gasteiger partial charge in [0.2, 0.25) is 10.0 Å². The maximum absolute atomic E-state index is 13.0. The number of aryl methyl sites for hydroxylation is 2. The zero-order valence-corrected chi connectivity index (χ0v) is 18.3. The van der Waals surface area contributed by atoms with Gasteiger partial charge in [0.1, 0.15) is 4.90 Å². The monoisotopic (exact) mass is 396 g/mol. The number of hydrogen-bond donors (Lipinski definition) is 2. The van der Waals surface area contributed by atoms with E-state index in [1.54, 1.807) is 18.2 Å². The molecule has 6 nitrogen and oxygen atoms in total. The van der Waals surface area contributed by atoms with Crippen LogP contribution in [0.3, 0.4) is 0 Å². The zero-order valence-electron chi connectivity index (χ0n) is 17.5. The number of hydrogen-bond acceptors (Lipinski definition) is 4. The van der Waals surface area contributed by atoms with Crippen LogP contribution in [0.15, 0.2) is 4.90 Å². The first-order chi connectivity index (χ1) is 12.7. The maximum Gasteiger partial charge on any atom is 0.246 e. The molecule has 2 fully saturated rings. The van der Waals surface area contributed by atoms with Gasteiger partial charge in [-0.2, -0.15) is 9.40 Å². The quantitative estimate of drug-likeness (QED) is 0.801. The smallest absolute Gasteiger partial charge is 0.246 e. The summed E-state index contributed by atoms with van der Waals surface area (Å²) in [7, 11) is -3.46. The molecule has 2 heterocycles. The van der Waals surface area contributed by atoms with Gasteiger partial charge in [-0.25, -0.2) is 8.42 Å². The lowest BCUT2D eigenvalue weighted by molar-refractivity contribution is 0.146. The average Bonchev–Trinajstić information content (AvgIpc) is 2.94. The number of aromatic nitrogens is 2. The third-order valence-electron chi connectivity index (χ3n) is 6.58. The van der Waals surface area contributed by atoms with Gasteiger partial charge in [0.25, 0.3) is 0 Å². The Morgan fingerprint density at radius 1 is 1.15 bits per heavy atom. The largest absolute Gasteiger partial charge is 0.311 e. The van der Waals surface area contributed by atoms with Crippen molar-refractivity contribution < 1.29 is 8.42 Å². The Labute approximate surface area is 164 Å². The highest BCUT2D eigenvalue weighted by molar-refractivity contribution is 7.89. The molecule has 1 aromatic heterocycles. The summed E-state index contributed by atoms with van der Waals surface area (Å²) in [6, 6.07) is 0.986. The molecule has 2 aliphatic rings. The molecule has 1 saturated heterocycles. The SMILES string of the molecule is Cc1n[nH]c(C)c1S(=O)(=O)N1CCC(N[C@@H]2C[C@@H](C)CC[C@H]2C(C)C)CC1. The Kier molecular flexibility index (Phi) is 6.33. The first-order valence-corrected chi connectivity index (χ1v) is 11.9. The van der Waals surface area contributed by atoms with Gasteiger partial charge in [-0.15, -0.1) is 0 Å². The molecule has 0 unspecified atom stereocenters. The topological polar surface area (TPSA) is 78.1 Å². The third kappa shape index (κ3) is 4.40. The molecule has 2 N–H and O–H groups in total. The fourth-order valence-corrected chi connectivity index (χ4v) is 6.81. The third-order valence-corrected chi connectivity index (χ3v) is 8.75. The van der Waals surface area contributed by atoms with Gasteiger partial charge in [0.05, 0.1) is 11.4 Å². The van der Waals surface area contributed by atoms with Gasteiger partial charge in [0, 0.05) is 25.2 Å². The van der Waals surface area contributed by atoms with Crippen molar-refractivity contribution in [1.82, 2.24) is 19.8 Å². The molecule has 0 amide bonds. The number of piperidine rings is 1. The van der Waals surface area contributed by atoms with E-state index in [0.717, 1.165) is 24.7 Å². The molecule has 3 rings (SSSR count). The Morgan fingerprint density at radius 2 is 1.81 bits per heavy atom. The van der Waals surface area contributed by atoms with Gasteiger partial charge in [-0.3, -0.25) is 5.10 Å². The first-order valence-electron chi connectivity index (χ1n) is 10.5. The van der Waals surface area contributed by atoms with Crippen molar-refractivity contribution in [3.05, 3.63) is 11.4 Å². The predicted octanol–water partition coefficient (Wildman–Crippen LogP) is 3.23. The minimum Gasteiger partial charge on any atom is -0.311 e. The second-order valence-corrected chi connectivity index (χ2v) is 10.9. The number of nitrogens with one attached hydrogen (secondary N) is 2. The molecule has 27 heavy (non-hydrogen) atoms. The van der Waals surface area contributed by atoms with Crippen LogP contribution in [0.25, 0.3) is 0 Å². The number of H-pyrrole nitrogens is 1. The summed E-state index contributed by atoms with van der Waals surface area (Å²) in [6.45, 7) is 11.7. The molecule has 7 heteroatoms. The van der Waals surface area contributed by atoms with E-state index in [1.807, 2.05) is 0 Å². The van der Waals surface area contributed by atoms with Gasteiger partial charge < -0.3 is 5.32 Å². The fourth-order valence-electron chi connectivity index (χ4n) is 5.01.